The topological polar surface area (TPSA) is 29.1 Å². The molecule has 0 saturated carbocycles. The Bertz CT molecular complexity index is 64.7. The molecule has 0 bridgehead atoms. The summed E-state index contributed by atoms with van der Waals surface area (Å²) in [6, 6.07) is 0. The van der Waals surface area contributed by atoms with E-state index >= 15 is 0 Å². The van der Waals surface area contributed by atoms with E-state index in [0.29, 0.717) is 11.0 Å². The predicted octanol–water partition coefficient (Wildman–Crippen LogP) is 0.372. The van der Waals surface area contributed by atoms with Gasteiger partial charge in [-0.15, -0.1) is 0 Å². The van der Waals surface area contributed by atoms with Crippen molar-refractivity contribution in [3.8, 4) is 0 Å². The van der Waals surface area contributed by atoms with E-state index < -0.39 is 0 Å². The summed E-state index contributed by atoms with van der Waals surface area (Å²) in [5.74, 6) is 0.0515. The van der Waals surface area contributed by atoms with E-state index in [0.717, 1.165) is 0 Å². The Balaban J connectivity index is 3.00. The Kier molecular flexibility index (Phi) is 4.49. The molecule has 0 aromatic heterocycles. The summed E-state index contributed by atoms with van der Waals surface area (Å²) in [6.07, 6.45) is 0. The molecule has 7 heavy (non-hydrogen) atoms. The van der Waals surface area contributed by atoms with Crippen LogP contribution in [0.3, 0.4) is 0 Å². The number of amides is 1. The second-order valence-corrected chi connectivity index (χ2v) is 1.75. The van der Waals surface area contributed by atoms with Gasteiger partial charge in [-0.1, -0.05) is 22.6 Å². The second kappa shape index (κ2) is 4.36. The fourth-order valence-corrected chi connectivity index (χ4v) is 0.456. The fraction of sp³-hybridized carbons (Fsp3) is 0.500. The van der Waals surface area contributed by atoms with Gasteiger partial charge >= 0.3 is 0 Å². The zero-order chi connectivity index (χ0) is 5.70. The molecule has 0 aliphatic carbocycles. The Labute approximate surface area is 56.8 Å². The summed E-state index contributed by atoms with van der Waals surface area (Å²) in [5, 5.41) is 2.54. The van der Waals surface area contributed by atoms with E-state index in [-0.39, 0.29) is 5.91 Å². The minimum Gasteiger partial charge on any atom is -0.355 e. The summed E-state index contributed by atoms with van der Waals surface area (Å²) in [7, 11) is 0. The largest absolute Gasteiger partial charge is 0.355 e. The molecule has 0 aliphatic rings. The van der Waals surface area contributed by atoms with Gasteiger partial charge in [-0.25, -0.2) is 0 Å². The van der Waals surface area contributed by atoms with Crippen LogP contribution >= 0.6 is 22.6 Å². The van der Waals surface area contributed by atoms with Gasteiger partial charge in [0.2, 0.25) is 5.91 Å². The highest BCUT2D eigenvalue weighted by atomic mass is 127. The van der Waals surface area contributed by atoms with Crippen LogP contribution in [-0.2, 0) is 4.79 Å². The number of hydrogen-bond acceptors (Lipinski definition) is 1. The molecule has 0 saturated heterocycles. The molecule has 0 unspecified atom stereocenters. The Hall–Kier alpha value is 0.200. The molecule has 1 N–H and O–H groups in total. The molecule has 3 heteroatoms. The molecule has 0 atom stereocenters. The minimum absolute atomic E-state index is 0.0515. The molecule has 0 aromatic carbocycles. The van der Waals surface area contributed by atoms with Crippen LogP contribution in [0, 0.1) is 6.92 Å². The highest BCUT2D eigenvalue weighted by Crippen LogP contribution is 1.77. The van der Waals surface area contributed by atoms with Gasteiger partial charge in [-0.2, -0.15) is 0 Å². The van der Waals surface area contributed by atoms with Crippen LogP contribution in [0.2, 0.25) is 0 Å². The van der Waals surface area contributed by atoms with Crippen LogP contribution in [0.4, 0.5) is 0 Å². The number of carbonyl (C=O) groups is 1. The third kappa shape index (κ3) is 4.04. The molecule has 0 spiro atoms. The SMILES string of the molecule is [CH2]CNC(=O)CI. The maximum absolute atomic E-state index is 10.3. The van der Waals surface area contributed by atoms with Crippen LogP contribution in [-0.4, -0.2) is 16.9 Å². The van der Waals surface area contributed by atoms with Crippen molar-refractivity contribution >= 4 is 28.5 Å². The van der Waals surface area contributed by atoms with Gasteiger partial charge in [-0.3, -0.25) is 4.79 Å². The molecule has 0 aliphatic heterocycles. The molecule has 1 radical (unpaired) electrons. The highest BCUT2D eigenvalue weighted by molar-refractivity contribution is 14.1. The monoisotopic (exact) mass is 212 g/mol. The van der Waals surface area contributed by atoms with Crippen molar-refractivity contribution in [3.63, 3.8) is 0 Å². The fourth-order valence-electron chi connectivity index (χ4n) is 0.187. The summed E-state index contributed by atoms with van der Waals surface area (Å²) in [5.41, 5.74) is 0. The van der Waals surface area contributed by atoms with Gasteiger partial charge < -0.3 is 5.32 Å². The van der Waals surface area contributed by atoms with Crippen molar-refractivity contribution in [1.29, 1.82) is 0 Å². The molecule has 0 heterocycles. The van der Waals surface area contributed by atoms with Gasteiger partial charge in [0.05, 0.1) is 4.43 Å². The van der Waals surface area contributed by atoms with Gasteiger partial charge in [-0.05, 0) is 6.92 Å². The van der Waals surface area contributed by atoms with Crippen LogP contribution in [0.5, 0.6) is 0 Å². The van der Waals surface area contributed by atoms with Crippen LogP contribution < -0.4 is 5.32 Å². The molecule has 0 aromatic rings. The van der Waals surface area contributed by atoms with Crippen LogP contribution in [0.1, 0.15) is 0 Å². The van der Waals surface area contributed by atoms with Gasteiger partial charge in [0.1, 0.15) is 0 Å². The number of hydrogen-bond donors (Lipinski definition) is 1. The van der Waals surface area contributed by atoms with Crippen molar-refractivity contribution in [2.24, 2.45) is 0 Å². The van der Waals surface area contributed by atoms with Crippen molar-refractivity contribution in [2.75, 3.05) is 11.0 Å². The average molecular weight is 212 g/mol. The van der Waals surface area contributed by atoms with E-state index in [4.69, 9.17) is 0 Å². The quantitative estimate of drug-likeness (QED) is 0.520. The van der Waals surface area contributed by atoms with E-state index in [1.807, 2.05) is 22.6 Å². The number of rotatable bonds is 2. The third-order valence-electron chi connectivity index (χ3n) is 0.444. The summed E-state index contributed by atoms with van der Waals surface area (Å²) in [6.45, 7) is 3.93. The molecular weight excluding hydrogens is 205 g/mol. The van der Waals surface area contributed by atoms with Gasteiger partial charge in [0.25, 0.3) is 0 Å². The van der Waals surface area contributed by atoms with E-state index in [9.17, 15) is 4.79 Å². The first-order valence-corrected chi connectivity index (χ1v) is 3.45. The average Bonchev–Trinajstić information content (AvgIpc) is 1.68. The lowest BCUT2D eigenvalue weighted by molar-refractivity contribution is -0.118. The first-order valence-electron chi connectivity index (χ1n) is 1.93. The summed E-state index contributed by atoms with van der Waals surface area (Å²) >= 11 is 2.00. The normalized spacial score (nSPS) is 8.29. The number of carbonyl (C=O) groups excluding carboxylic acids is 1. The van der Waals surface area contributed by atoms with Crippen molar-refractivity contribution in [2.45, 2.75) is 0 Å². The molecule has 2 nitrogen and oxygen atoms in total. The number of alkyl halides is 1. The Morgan fingerprint density at radius 3 is 2.57 bits per heavy atom. The van der Waals surface area contributed by atoms with Crippen LogP contribution in [0.15, 0.2) is 0 Å². The van der Waals surface area contributed by atoms with E-state index in [1.54, 1.807) is 0 Å². The lowest BCUT2D eigenvalue weighted by Crippen LogP contribution is -2.23. The smallest absolute Gasteiger partial charge is 0.229 e. The molecule has 0 fully saturated rings. The van der Waals surface area contributed by atoms with Gasteiger partial charge in [0, 0.05) is 6.54 Å². The zero-order valence-electron chi connectivity index (χ0n) is 3.91. The number of nitrogens with one attached hydrogen (secondary N) is 1. The molecule has 41 valence electrons. The van der Waals surface area contributed by atoms with Crippen molar-refractivity contribution < 1.29 is 4.79 Å². The highest BCUT2D eigenvalue weighted by Gasteiger charge is 1.89. The molecular formula is C4H7INO. The Morgan fingerprint density at radius 2 is 2.43 bits per heavy atom. The first kappa shape index (κ1) is 7.20. The van der Waals surface area contributed by atoms with Crippen LogP contribution in [0.25, 0.3) is 0 Å². The zero-order valence-corrected chi connectivity index (χ0v) is 6.07. The maximum Gasteiger partial charge on any atom is 0.229 e. The third-order valence-corrected chi connectivity index (χ3v) is 1.14. The van der Waals surface area contributed by atoms with E-state index in [1.165, 1.54) is 0 Å². The molecule has 0 rings (SSSR count). The lowest BCUT2D eigenvalue weighted by Gasteiger charge is -1.92. The summed E-state index contributed by atoms with van der Waals surface area (Å²) in [4.78, 5) is 10.3. The first-order chi connectivity index (χ1) is 3.31. The second-order valence-electron chi connectivity index (χ2n) is 0.984. The predicted molar refractivity (Wildman–Crippen MR) is 37.3 cm³/mol. The summed E-state index contributed by atoms with van der Waals surface area (Å²) < 4.78 is 0.521. The Morgan fingerprint density at radius 1 is 1.86 bits per heavy atom. The maximum atomic E-state index is 10.3. The molecule has 1 amide bonds. The van der Waals surface area contributed by atoms with Crippen molar-refractivity contribution in [1.82, 2.24) is 5.32 Å². The standard InChI is InChI=1S/C4H7INO/c1-2-6-4(7)3-5/h1-3H2,(H,6,7). The van der Waals surface area contributed by atoms with E-state index in [2.05, 4.69) is 12.2 Å². The number of halogens is 1. The lowest BCUT2D eigenvalue weighted by atomic mass is 10.6. The van der Waals surface area contributed by atoms with Gasteiger partial charge in [0.15, 0.2) is 0 Å². The van der Waals surface area contributed by atoms with Crippen molar-refractivity contribution in [3.05, 3.63) is 6.92 Å². The minimum atomic E-state index is 0.0515.